The lowest BCUT2D eigenvalue weighted by Crippen LogP contribution is -2.50. The smallest absolute Gasteiger partial charge is 0.156 e. The normalized spacial score (nSPS) is 34.2. The molecule has 1 aliphatic heterocycles. The number of hydrogen-bond donors (Lipinski definition) is 1. The van der Waals surface area contributed by atoms with Gasteiger partial charge in [-0.05, 0) is 104 Å². The molecule has 5 atom stereocenters. The van der Waals surface area contributed by atoms with Gasteiger partial charge in [0.2, 0.25) is 0 Å². The Hall–Kier alpha value is -2.64. The second-order valence-corrected chi connectivity index (χ2v) is 12.5. The minimum Gasteiger partial charge on any atom is -0.384 e. The molecule has 1 N–H and O–H groups in total. The summed E-state index contributed by atoms with van der Waals surface area (Å²) in [5.74, 6) is 7.86. The fraction of sp³-hybridized carbons (Fsp3) is 0.588. The van der Waals surface area contributed by atoms with Gasteiger partial charge in [-0.15, -0.1) is 0 Å². The van der Waals surface area contributed by atoms with Crippen LogP contribution in [0.15, 0.2) is 47.1 Å². The summed E-state index contributed by atoms with van der Waals surface area (Å²) in [4.78, 5) is 28.5. The number of aliphatic hydroxyl groups excluding tert-OH is 1. The number of hydrogen-bond acceptors (Lipinski definition) is 4. The number of Topliss-reactive ketones (excluding diaryl/α,β-unsaturated/α-hetero) is 1. The van der Waals surface area contributed by atoms with Crippen LogP contribution in [0.4, 0.5) is 5.69 Å². The number of allylic oxidation sites excluding steroid dienone is 4. The molecule has 6 rings (SSSR count). The van der Waals surface area contributed by atoms with Crippen LogP contribution in [0.3, 0.4) is 0 Å². The summed E-state index contributed by atoms with van der Waals surface area (Å²) in [6.45, 7) is 6.36. The van der Waals surface area contributed by atoms with Gasteiger partial charge in [-0.1, -0.05) is 43.4 Å². The van der Waals surface area contributed by atoms with Crippen LogP contribution in [0.2, 0.25) is 0 Å². The van der Waals surface area contributed by atoms with Crippen molar-refractivity contribution in [3.05, 3.63) is 52.6 Å². The average molecular weight is 512 g/mol. The van der Waals surface area contributed by atoms with Crippen molar-refractivity contribution in [2.45, 2.75) is 84.0 Å². The standard InChI is InChI=1S/C34H41NO3/c1-3-31(38)34(16-6-20-36)17-15-30-28-13-9-24-21-26(37)12-14-27(24)32(28)29(22-33(30,34)2)23-7-10-25(11-8-23)35-18-4-5-19-35/h7-8,10-11,21,28-30,36H,3-5,9,12-15,17-20,22H2,1-2H3/t28-,29?,30-,33-,34+/m0/s1. The zero-order valence-electron chi connectivity index (χ0n) is 23.0. The third-order valence-electron chi connectivity index (χ3n) is 10.9. The largest absolute Gasteiger partial charge is 0.384 e. The van der Waals surface area contributed by atoms with Gasteiger partial charge < -0.3 is 10.0 Å². The molecule has 38 heavy (non-hydrogen) atoms. The summed E-state index contributed by atoms with van der Waals surface area (Å²) in [6, 6.07) is 9.25. The predicted octanol–water partition coefficient (Wildman–Crippen LogP) is 6.15. The van der Waals surface area contributed by atoms with Crippen molar-refractivity contribution in [2.75, 3.05) is 24.6 Å². The second-order valence-electron chi connectivity index (χ2n) is 12.5. The molecule has 1 heterocycles. The quantitative estimate of drug-likeness (QED) is 0.493. The lowest BCUT2D eigenvalue weighted by atomic mass is 9.48. The molecule has 0 radical (unpaired) electrons. The number of rotatable bonds is 4. The van der Waals surface area contributed by atoms with E-state index in [-0.39, 0.29) is 29.5 Å². The summed E-state index contributed by atoms with van der Waals surface area (Å²) in [6.07, 6.45) is 11.1. The molecule has 4 aliphatic carbocycles. The first kappa shape index (κ1) is 25.6. The molecule has 0 bridgehead atoms. The maximum Gasteiger partial charge on any atom is 0.156 e. The van der Waals surface area contributed by atoms with Crippen LogP contribution in [-0.4, -0.2) is 36.4 Å². The van der Waals surface area contributed by atoms with Gasteiger partial charge >= 0.3 is 0 Å². The number of aliphatic hydroxyl groups is 1. The minimum atomic E-state index is -0.697. The van der Waals surface area contributed by atoms with Crippen LogP contribution in [-0.2, 0) is 9.59 Å². The number of ketones is 2. The first-order valence-electron chi connectivity index (χ1n) is 14.9. The average Bonchev–Trinajstić information content (AvgIpc) is 3.58. The van der Waals surface area contributed by atoms with E-state index < -0.39 is 5.41 Å². The fourth-order valence-electron chi connectivity index (χ4n) is 9.10. The number of benzene rings is 1. The topological polar surface area (TPSA) is 57.6 Å². The molecule has 1 saturated heterocycles. The molecule has 0 spiro atoms. The molecular weight excluding hydrogens is 470 g/mol. The van der Waals surface area contributed by atoms with Crippen molar-refractivity contribution in [1.29, 1.82) is 0 Å². The molecule has 1 unspecified atom stereocenters. The Morgan fingerprint density at radius 2 is 1.87 bits per heavy atom. The fourth-order valence-corrected chi connectivity index (χ4v) is 9.10. The van der Waals surface area contributed by atoms with E-state index in [9.17, 15) is 14.7 Å². The summed E-state index contributed by atoms with van der Waals surface area (Å²) in [5.41, 5.74) is 5.96. The molecule has 1 aromatic rings. The third-order valence-corrected chi connectivity index (χ3v) is 10.9. The van der Waals surface area contributed by atoms with Gasteiger partial charge in [-0.25, -0.2) is 0 Å². The highest BCUT2D eigenvalue weighted by atomic mass is 16.2. The highest BCUT2D eigenvalue weighted by molar-refractivity contribution is 5.93. The van der Waals surface area contributed by atoms with E-state index in [0.717, 1.165) is 51.6 Å². The molecule has 4 heteroatoms. The van der Waals surface area contributed by atoms with Gasteiger partial charge in [0.1, 0.15) is 6.61 Å². The molecule has 2 saturated carbocycles. The van der Waals surface area contributed by atoms with Gasteiger partial charge in [0.05, 0.1) is 5.41 Å². The van der Waals surface area contributed by atoms with Crippen LogP contribution in [0.25, 0.3) is 0 Å². The number of carbonyl (C=O) groups is 2. The Labute approximate surface area is 227 Å². The van der Waals surface area contributed by atoms with Crippen molar-refractivity contribution in [1.82, 2.24) is 0 Å². The molecule has 4 nitrogen and oxygen atoms in total. The summed E-state index contributed by atoms with van der Waals surface area (Å²) < 4.78 is 0. The Bertz CT molecular complexity index is 1250. The molecule has 5 aliphatic rings. The summed E-state index contributed by atoms with van der Waals surface area (Å²) in [7, 11) is 0. The number of nitrogens with zero attached hydrogens (tertiary/aromatic N) is 1. The second kappa shape index (κ2) is 9.83. The van der Waals surface area contributed by atoms with Gasteiger partial charge in [-0.3, -0.25) is 9.59 Å². The molecular formula is C34H41NO3. The van der Waals surface area contributed by atoms with E-state index in [1.807, 2.05) is 13.0 Å². The van der Waals surface area contributed by atoms with Crippen LogP contribution in [0.1, 0.15) is 89.5 Å². The van der Waals surface area contributed by atoms with E-state index in [4.69, 9.17) is 0 Å². The van der Waals surface area contributed by atoms with E-state index in [1.165, 1.54) is 35.2 Å². The van der Waals surface area contributed by atoms with Crippen molar-refractivity contribution in [2.24, 2.45) is 22.7 Å². The van der Waals surface area contributed by atoms with Crippen molar-refractivity contribution < 1.29 is 14.7 Å². The molecule has 0 aromatic heterocycles. The van der Waals surface area contributed by atoms with E-state index in [0.29, 0.717) is 24.7 Å². The Morgan fingerprint density at radius 1 is 1.11 bits per heavy atom. The summed E-state index contributed by atoms with van der Waals surface area (Å²) in [5, 5.41) is 9.63. The number of anilines is 1. The lowest BCUT2D eigenvalue weighted by molar-refractivity contribution is -0.132. The van der Waals surface area contributed by atoms with Crippen molar-refractivity contribution in [3.63, 3.8) is 0 Å². The predicted molar refractivity (Wildman–Crippen MR) is 151 cm³/mol. The van der Waals surface area contributed by atoms with Gasteiger partial charge in [0.15, 0.2) is 11.6 Å². The molecule has 1 aromatic carbocycles. The monoisotopic (exact) mass is 511 g/mol. The number of carbonyl (C=O) groups excluding carboxylic acids is 2. The zero-order chi connectivity index (χ0) is 26.5. The van der Waals surface area contributed by atoms with Gasteiger partial charge in [0, 0.05) is 37.5 Å². The highest BCUT2D eigenvalue weighted by Crippen LogP contribution is 2.69. The van der Waals surface area contributed by atoms with Crippen molar-refractivity contribution >= 4 is 17.3 Å². The van der Waals surface area contributed by atoms with Gasteiger partial charge in [-0.2, -0.15) is 0 Å². The van der Waals surface area contributed by atoms with E-state index >= 15 is 0 Å². The number of fused-ring (bicyclic) bond motifs is 4. The molecule has 200 valence electrons. The Kier molecular flexibility index (Phi) is 6.63. The lowest BCUT2D eigenvalue weighted by Gasteiger charge is -2.54. The molecule has 0 amide bonds. The first-order chi connectivity index (χ1) is 18.4. The van der Waals surface area contributed by atoms with Crippen LogP contribution >= 0.6 is 0 Å². The summed E-state index contributed by atoms with van der Waals surface area (Å²) >= 11 is 0. The maximum atomic E-state index is 13.7. The highest BCUT2D eigenvalue weighted by Gasteiger charge is 2.65. The zero-order valence-corrected chi connectivity index (χ0v) is 23.0. The van der Waals surface area contributed by atoms with E-state index in [2.05, 4.69) is 47.9 Å². The third kappa shape index (κ3) is 3.84. The first-order valence-corrected chi connectivity index (χ1v) is 14.9. The SMILES string of the molecule is CCC(=O)[C@@]1(C#CCO)CC[C@H]2[C@@H]3CCC4=CC(=O)CCC4=C3C(c3ccc(N4CCCC4)cc3)C[C@@]21C. The van der Waals surface area contributed by atoms with Gasteiger partial charge in [0.25, 0.3) is 0 Å². The Morgan fingerprint density at radius 3 is 2.58 bits per heavy atom. The minimum absolute atomic E-state index is 0.207. The van der Waals surface area contributed by atoms with Crippen LogP contribution < -0.4 is 4.90 Å². The Balaban J connectivity index is 1.49. The van der Waals surface area contributed by atoms with E-state index in [1.54, 1.807) is 5.57 Å². The van der Waals surface area contributed by atoms with Crippen LogP contribution in [0, 0.1) is 34.5 Å². The van der Waals surface area contributed by atoms with Crippen LogP contribution in [0.5, 0.6) is 0 Å². The molecule has 3 fully saturated rings. The maximum absolute atomic E-state index is 13.7. The van der Waals surface area contributed by atoms with Crippen molar-refractivity contribution in [3.8, 4) is 11.8 Å².